The number of amides is 1. The number of rotatable bonds is 5. The van der Waals surface area contributed by atoms with Crippen LogP contribution in [-0.2, 0) is 20.7 Å². The fourth-order valence-corrected chi connectivity index (χ4v) is 2.12. The Morgan fingerprint density at radius 1 is 1.26 bits per heavy atom. The molecule has 1 fully saturated rings. The number of aryl methyl sites for hydroxylation is 1. The highest BCUT2D eigenvalue weighted by molar-refractivity contribution is 5.78. The van der Waals surface area contributed by atoms with Crippen molar-refractivity contribution in [2.75, 3.05) is 13.2 Å². The van der Waals surface area contributed by atoms with Crippen LogP contribution in [0.5, 0.6) is 0 Å². The average molecular weight is 263 g/mol. The van der Waals surface area contributed by atoms with E-state index in [2.05, 4.69) is 5.32 Å². The molecule has 2 unspecified atom stereocenters. The second-order valence-corrected chi connectivity index (χ2v) is 4.64. The van der Waals surface area contributed by atoms with Crippen LogP contribution in [0.25, 0.3) is 0 Å². The molecule has 102 valence electrons. The summed E-state index contributed by atoms with van der Waals surface area (Å²) in [6.07, 6.45) is 1.00. The second-order valence-electron chi connectivity index (χ2n) is 4.64. The van der Waals surface area contributed by atoms with Gasteiger partial charge in [-0.05, 0) is 12.0 Å². The van der Waals surface area contributed by atoms with Crippen LogP contribution >= 0.6 is 0 Å². The van der Waals surface area contributed by atoms with Gasteiger partial charge >= 0.3 is 5.97 Å². The van der Waals surface area contributed by atoms with Crippen LogP contribution in [0, 0.1) is 5.92 Å². The van der Waals surface area contributed by atoms with E-state index in [0.29, 0.717) is 12.8 Å². The smallest absolute Gasteiger partial charge is 0.311 e. The molecule has 5 nitrogen and oxygen atoms in total. The molecule has 2 atom stereocenters. The first kappa shape index (κ1) is 13.5. The van der Waals surface area contributed by atoms with E-state index in [1.165, 1.54) is 0 Å². The van der Waals surface area contributed by atoms with E-state index in [4.69, 9.17) is 9.84 Å². The van der Waals surface area contributed by atoms with Crippen molar-refractivity contribution >= 4 is 11.9 Å². The Labute approximate surface area is 111 Å². The third-order valence-corrected chi connectivity index (χ3v) is 3.23. The maximum Gasteiger partial charge on any atom is 0.311 e. The van der Waals surface area contributed by atoms with Crippen LogP contribution in [0.15, 0.2) is 30.3 Å². The topological polar surface area (TPSA) is 75.6 Å². The van der Waals surface area contributed by atoms with E-state index in [9.17, 15) is 9.59 Å². The molecule has 0 aromatic heterocycles. The molecule has 0 bridgehead atoms. The van der Waals surface area contributed by atoms with Gasteiger partial charge in [0.25, 0.3) is 0 Å². The number of carboxylic acids is 1. The van der Waals surface area contributed by atoms with Gasteiger partial charge in [0.05, 0.1) is 19.3 Å². The Kier molecular flexibility index (Phi) is 4.52. The van der Waals surface area contributed by atoms with E-state index in [0.717, 1.165) is 5.56 Å². The molecule has 1 aliphatic heterocycles. The monoisotopic (exact) mass is 263 g/mol. The van der Waals surface area contributed by atoms with Crippen LogP contribution in [0.1, 0.15) is 12.0 Å². The van der Waals surface area contributed by atoms with Crippen molar-refractivity contribution in [2.24, 2.45) is 5.92 Å². The maximum absolute atomic E-state index is 11.8. The van der Waals surface area contributed by atoms with Crippen molar-refractivity contribution in [1.29, 1.82) is 0 Å². The molecule has 0 radical (unpaired) electrons. The fourth-order valence-electron chi connectivity index (χ4n) is 2.12. The molecule has 0 aliphatic carbocycles. The number of carbonyl (C=O) groups is 2. The molecule has 19 heavy (non-hydrogen) atoms. The van der Waals surface area contributed by atoms with Crippen molar-refractivity contribution in [1.82, 2.24) is 5.32 Å². The van der Waals surface area contributed by atoms with Crippen LogP contribution < -0.4 is 5.32 Å². The Morgan fingerprint density at radius 3 is 2.68 bits per heavy atom. The van der Waals surface area contributed by atoms with Crippen LogP contribution in [0.3, 0.4) is 0 Å². The summed E-state index contributed by atoms with van der Waals surface area (Å²) < 4.78 is 5.10. The lowest BCUT2D eigenvalue weighted by atomic mass is 10.0. The number of carboxylic acid groups (broad SMARTS) is 1. The first-order chi connectivity index (χ1) is 9.16. The third kappa shape index (κ3) is 3.79. The van der Waals surface area contributed by atoms with Crippen molar-refractivity contribution in [3.05, 3.63) is 35.9 Å². The highest BCUT2D eigenvalue weighted by Gasteiger charge is 2.34. The van der Waals surface area contributed by atoms with E-state index >= 15 is 0 Å². The Balaban J connectivity index is 1.80. The molecule has 1 heterocycles. The summed E-state index contributed by atoms with van der Waals surface area (Å²) in [7, 11) is 0. The van der Waals surface area contributed by atoms with Crippen LogP contribution in [0.2, 0.25) is 0 Å². The maximum atomic E-state index is 11.8. The largest absolute Gasteiger partial charge is 0.481 e. The minimum absolute atomic E-state index is 0.134. The number of ether oxygens (including phenoxy) is 1. The molecular formula is C14H17NO4. The molecule has 2 N–H and O–H groups in total. The SMILES string of the molecule is O=C(CCc1ccccc1)NC1COCC1C(=O)O. The van der Waals surface area contributed by atoms with Gasteiger partial charge in [-0.3, -0.25) is 9.59 Å². The third-order valence-electron chi connectivity index (χ3n) is 3.23. The van der Waals surface area contributed by atoms with E-state index in [-0.39, 0.29) is 19.1 Å². The van der Waals surface area contributed by atoms with Crippen molar-refractivity contribution in [3.8, 4) is 0 Å². The van der Waals surface area contributed by atoms with Gasteiger partial charge in [-0.1, -0.05) is 30.3 Å². The van der Waals surface area contributed by atoms with E-state index in [1.54, 1.807) is 0 Å². The summed E-state index contributed by atoms with van der Waals surface area (Å²) in [5.74, 6) is -1.70. The summed E-state index contributed by atoms with van der Waals surface area (Å²) in [5.41, 5.74) is 1.09. The molecule has 1 aliphatic rings. The Bertz CT molecular complexity index is 446. The predicted octanol–water partition coefficient (Wildman–Crippen LogP) is 0.835. The number of carbonyl (C=O) groups excluding carboxylic acids is 1. The standard InChI is InChI=1S/C14H17NO4/c16-13(7-6-10-4-2-1-3-5-10)15-12-9-19-8-11(12)14(17)18/h1-5,11-12H,6-9H2,(H,15,16)(H,17,18). The quantitative estimate of drug-likeness (QED) is 0.825. The van der Waals surface area contributed by atoms with Gasteiger partial charge in [-0.15, -0.1) is 0 Å². The normalized spacial score (nSPS) is 22.1. The molecule has 0 saturated carbocycles. The lowest BCUT2D eigenvalue weighted by molar-refractivity contribution is -0.142. The number of nitrogens with one attached hydrogen (secondary N) is 1. The summed E-state index contributed by atoms with van der Waals surface area (Å²) in [5, 5.41) is 11.7. The zero-order valence-corrected chi connectivity index (χ0v) is 10.5. The lowest BCUT2D eigenvalue weighted by Crippen LogP contribution is -2.42. The molecule has 1 saturated heterocycles. The molecule has 1 aromatic carbocycles. The number of benzene rings is 1. The summed E-state index contributed by atoms with van der Waals surface area (Å²) in [6.45, 7) is 0.438. The van der Waals surface area contributed by atoms with Gasteiger partial charge in [-0.2, -0.15) is 0 Å². The van der Waals surface area contributed by atoms with Gasteiger partial charge < -0.3 is 15.2 Å². The second kappa shape index (κ2) is 6.33. The minimum Gasteiger partial charge on any atom is -0.481 e. The molecule has 0 spiro atoms. The zero-order chi connectivity index (χ0) is 13.7. The molecular weight excluding hydrogens is 246 g/mol. The fraction of sp³-hybridized carbons (Fsp3) is 0.429. The molecule has 1 amide bonds. The van der Waals surface area contributed by atoms with Crippen LogP contribution in [-0.4, -0.2) is 36.2 Å². The number of aliphatic carboxylic acids is 1. The highest BCUT2D eigenvalue weighted by Crippen LogP contribution is 2.14. The van der Waals surface area contributed by atoms with Crippen molar-refractivity contribution in [2.45, 2.75) is 18.9 Å². The summed E-state index contributed by atoms with van der Waals surface area (Å²) in [6, 6.07) is 9.30. The Hall–Kier alpha value is -1.88. The van der Waals surface area contributed by atoms with Crippen LogP contribution in [0.4, 0.5) is 0 Å². The highest BCUT2D eigenvalue weighted by atomic mass is 16.5. The summed E-state index contributed by atoms with van der Waals surface area (Å²) in [4.78, 5) is 22.7. The molecule has 5 heteroatoms. The predicted molar refractivity (Wildman–Crippen MR) is 68.6 cm³/mol. The molecule has 2 rings (SSSR count). The number of hydrogen-bond donors (Lipinski definition) is 2. The van der Waals surface area contributed by atoms with E-state index < -0.39 is 17.9 Å². The van der Waals surface area contributed by atoms with Gasteiger partial charge in [0.15, 0.2) is 0 Å². The van der Waals surface area contributed by atoms with Gasteiger partial charge in [-0.25, -0.2) is 0 Å². The Morgan fingerprint density at radius 2 is 2.00 bits per heavy atom. The first-order valence-corrected chi connectivity index (χ1v) is 6.30. The summed E-state index contributed by atoms with van der Waals surface area (Å²) >= 11 is 0. The van der Waals surface area contributed by atoms with Gasteiger partial charge in [0, 0.05) is 6.42 Å². The zero-order valence-electron chi connectivity index (χ0n) is 10.5. The number of hydrogen-bond acceptors (Lipinski definition) is 3. The van der Waals surface area contributed by atoms with E-state index in [1.807, 2.05) is 30.3 Å². The minimum atomic E-state index is -0.925. The van der Waals surface area contributed by atoms with Gasteiger partial charge in [0.1, 0.15) is 5.92 Å². The van der Waals surface area contributed by atoms with Crippen molar-refractivity contribution < 1.29 is 19.4 Å². The van der Waals surface area contributed by atoms with Crippen molar-refractivity contribution in [3.63, 3.8) is 0 Å². The molecule has 1 aromatic rings. The first-order valence-electron chi connectivity index (χ1n) is 6.30. The lowest BCUT2D eigenvalue weighted by Gasteiger charge is -2.15. The van der Waals surface area contributed by atoms with Gasteiger partial charge in [0.2, 0.25) is 5.91 Å². The average Bonchev–Trinajstić information content (AvgIpc) is 2.86.